The Hall–Kier alpha value is -2.34. The fraction of sp³-hybridized carbons (Fsp3) is 0.227. The van der Waals surface area contributed by atoms with E-state index in [2.05, 4.69) is 89.2 Å². The third kappa shape index (κ3) is 4.00. The molecule has 138 valence electrons. The van der Waals surface area contributed by atoms with Gasteiger partial charge in [0.05, 0.1) is 0 Å². The van der Waals surface area contributed by atoms with Crippen LogP contribution in [-0.2, 0) is 11.3 Å². The van der Waals surface area contributed by atoms with Crippen molar-refractivity contribution >= 4 is 28.4 Å². The fourth-order valence-corrected chi connectivity index (χ4v) is 3.95. The van der Waals surface area contributed by atoms with Gasteiger partial charge in [0.25, 0.3) is 0 Å². The summed E-state index contributed by atoms with van der Waals surface area (Å²) in [6.07, 6.45) is 2.78. The second kappa shape index (κ2) is 8.13. The van der Waals surface area contributed by atoms with Crippen molar-refractivity contribution in [2.24, 2.45) is 0 Å². The molecule has 0 radical (unpaired) electrons. The molecule has 0 bridgehead atoms. The first-order chi connectivity index (χ1) is 13.2. The van der Waals surface area contributed by atoms with Crippen molar-refractivity contribution in [1.82, 2.24) is 16.2 Å². The van der Waals surface area contributed by atoms with Crippen LogP contribution in [0.15, 0.2) is 71.6 Å². The number of fused-ring (bicyclic) bond motifs is 1. The molecule has 1 heterocycles. The molecular weight excluding hydrogens is 354 g/mol. The summed E-state index contributed by atoms with van der Waals surface area (Å²) in [5, 5.41) is 5.49. The Labute approximate surface area is 163 Å². The van der Waals surface area contributed by atoms with Crippen LogP contribution in [-0.4, -0.2) is 18.2 Å². The van der Waals surface area contributed by atoms with Crippen LogP contribution < -0.4 is 16.2 Å². The number of nitrogens with one attached hydrogen (secondary N) is 3. The number of amides is 1. The van der Waals surface area contributed by atoms with Gasteiger partial charge in [0.1, 0.15) is 6.04 Å². The number of hydrazine groups is 1. The minimum absolute atomic E-state index is 0.0270. The standard InChI is InChI=1S/C22H23N3OS/c1-27-17-11-9-15(10-12-17)14-23-22(26)21-13-20(24-25-21)19-8-4-6-16-5-2-3-7-18(16)19/h2-12,20-21,24-25H,13-14H2,1H3,(H,23,26). The molecule has 1 fully saturated rings. The summed E-state index contributed by atoms with van der Waals surface area (Å²) in [7, 11) is 0. The highest BCUT2D eigenvalue weighted by Crippen LogP contribution is 2.29. The lowest BCUT2D eigenvalue weighted by Gasteiger charge is -2.13. The van der Waals surface area contributed by atoms with Crippen molar-refractivity contribution in [2.75, 3.05) is 6.26 Å². The quantitative estimate of drug-likeness (QED) is 0.592. The van der Waals surface area contributed by atoms with Gasteiger partial charge in [-0.15, -0.1) is 11.8 Å². The lowest BCUT2D eigenvalue weighted by Crippen LogP contribution is -2.42. The maximum atomic E-state index is 12.6. The van der Waals surface area contributed by atoms with E-state index in [4.69, 9.17) is 0 Å². The highest BCUT2D eigenvalue weighted by atomic mass is 32.2. The van der Waals surface area contributed by atoms with Gasteiger partial charge in [-0.1, -0.05) is 54.6 Å². The minimum Gasteiger partial charge on any atom is -0.351 e. The number of hydrogen-bond donors (Lipinski definition) is 3. The maximum Gasteiger partial charge on any atom is 0.238 e. The average Bonchev–Trinajstić information content (AvgIpc) is 3.22. The Morgan fingerprint density at radius 3 is 2.63 bits per heavy atom. The van der Waals surface area contributed by atoms with Crippen molar-refractivity contribution in [3.8, 4) is 0 Å². The van der Waals surface area contributed by atoms with Crippen LogP contribution in [0, 0.1) is 0 Å². The highest BCUT2D eigenvalue weighted by molar-refractivity contribution is 7.98. The molecule has 2 atom stereocenters. The molecule has 27 heavy (non-hydrogen) atoms. The number of carbonyl (C=O) groups excluding carboxylic acids is 1. The van der Waals surface area contributed by atoms with Gasteiger partial charge < -0.3 is 5.32 Å². The summed E-state index contributed by atoms with van der Waals surface area (Å²) in [4.78, 5) is 13.8. The van der Waals surface area contributed by atoms with Crippen molar-refractivity contribution in [3.05, 3.63) is 77.9 Å². The summed E-state index contributed by atoms with van der Waals surface area (Å²) >= 11 is 1.72. The predicted molar refractivity (Wildman–Crippen MR) is 111 cm³/mol. The topological polar surface area (TPSA) is 53.2 Å². The summed E-state index contributed by atoms with van der Waals surface area (Å²) in [6, 6.07) is 22.9. The van der Waals surface area contributed by atoms with Crippen LogP contribution in [0.1, 0.15) is 23.6 Å². The molecule has 0 saturated carbocycles. The second-order valence-corrected chi connectivity index (χ2v) is 7.64. The largest absolute Gasteiger partial charge is 0.351 e. The van der Waals surface area contributed by atoms with Gasteiger partial charge in [0.2, 0.25) is 5.91 Å². The van der Waals surface area contributed by atoms with E-state index in [1.165, 1.54) is 21.2 Å². The third-order valence-electron chi connectivity index (χ3n) is 5.04. The smallest absolute Gasteiger partial charge is 0.238 e. The molecule has 2 unspecified atom stereocenters. The average molecular weight is 378 g/mol. The highest BCUT2D eigenvalue weighted by Gasteiger charge is 2.30. The lowest BCUT2D eigenvalue weighted by atomic mass is 9.96. The van der Waals surface area contributed by atoms with Gasteiger partial charge in [-0.05, 0) is 46.7 Å². The van der Waals surface area contributed by atoms with E-state index >= 15 is 0 Å². The van der Waals surface area contributed by atoms with Gasteiger partial charge in [-0.25, -0.2) is 10.9 Å². The van der Waals surface area contributed by atoms with Gasteiger partial charge >= 0.3 is 0 Å². The number of rotatable bonds is 5. The van der Waals surface area contributed by atoms with Gasteiger partial charge in [0, 0.05) is 17.5 Å². The van der Waals surface area contributed by atoms with Crippen LogP contribution in [0.4, 0.5) is 0 Å². The lowest BCUT2D eigenvalue weighted by molar-refractivity contribution is -0.123. The van der Waals surface area contributed by atoms with Crippen LogP contribution in [0.25, 0.3) is 10.8 Å². The second-order valence-electron chi connectivity index (χ2n) is 6.76. The SMILES string of the molecule is CSc1ccc(CNC(=O)C2CC(c3cccc4ccccc34)NN2)cc1. The monoisotopic (exact) mass is 377 g/mol. The van der Waals surface area contributed by atoms with E-state index in [-0.39, 0.29) is 18.0 Å². The molecule has 0 spiro atoms. The molecule has 3 aromatic rings. The first-order valence-corrected chi connectivity index (χ1v) is 10.4. The molecule has 5 heteroatoms. The number of thioether (sulfide) groups is 1. The van der Waals surface area contributed by atoms with E-state index < -0.39 is 0 Å². The van der Waals surface area contributed by atoms with E-state index in [0.29, 0.717) is 6.54 Å². The maximum absolute atomic E-state index is 12.6. The molecule has 3 aromatic carbocycles. The third-order valence-corrected chi connectivity index (χ3v) is 5.79. The zero-order chi connectivity index (χ0) is 18.6. The molecular formula is C22H23N3OS. The predicted octanol–water partition coefficient (Wildman–Crippen LogP) is 3.79. The summed E-state index contributed by atoms with van der Waals surface area (Å²) < 4.78 is 0. The van der Waals surface area contributed by atoms with Crippen LogP contribution >= 0.6 is 11.8 Å². The first-order valence-electron chi connectivity index (χ1n) is 9.14. The van der Waals surface area contributed by atoms with Crippen molar-refractivity contribution in [2.45, 2.75) is 29.9 Å². The Morgan fingerprint density at radius 2 is 1.81 bits per heavy atom. The molecule has 1 aliphatic heterocycles. The number of benzene rings is 3. The molecule has 4 nitrogen and oxygen atoms in total. The van der Waals surface area contributed by atoms with Gasteiger partial charge in [-0.3, -0.25) is 4.79 Å². The molecule has 1 amide bonds. The zero-order valence-electron chi connectivity index (χ0n) is 15.2. The Morgan fingerprint density at radius 1 is 1.04 bits per heavy atom. The van der Waals surface area contributed by atoms with Crippen molar-refractivity contribution in [1.29, 1.82) is 0 Å². The van der Waals surface area contributed by atoms with E-state index in [1.807, 2.05) is 0 Å². The minimum atomic E-state index is -0.237. The molecule has 4 rings (SSSR count). The molecule has 0 aromatic heterocycles. The summed E-state index contributed by atoms with van der Waals surface area (Å²) in [5.74, 6) is 0.0270. The van der Waals surface area contributed by atoms with E-state index in [1.54, 1.807) is 11.8 Å². The van der Waals surface area contributed by atoms with E-state index in [9.17, 15) is 4.79 Å². The first kappa shape index (κ1) is 18.0. The molecule has 0 aliphatic carbocycles. The van der Waals surface area contributed by atoms with Crippen molar-refractivity contribution < 1.29 is 4.79 Å². The fourth-order valence-electron chi connectivity index (χ4n) is 3.54. The van der Waals surface area contributed by atoms with Gasteiger partial charge in [-0.2, -0.15) is 0 Å². The molecule has 3 N–H and O–H groups in total. The van der Waals surface area contributed by atoms with Crippen molar-refractivity contribution in [3.63, 3.8) is 0 Å². The Balaban J connectivity index is 1.39. The zero-order valence-corrected chi connectivity index (χ0v) is 16.1. The summed E-state index contributed by atoms with van der Waals surface area (Å²) in [6.45, 7) is 0.546. The van der Waals surface area contributed by atoms with Crippen LogP contribution in [0.5, 0.6) is 0 Å². The summed E-state index contributed by atoms with van der Waals surface area (Å²) in [5.41, 5.74) is 8.79. The normalized spacial score (nSPS) is 19.3. The van der Waals surface area contributed by atoms with E-state index in [0.717, 1.165) is 12.0 Å². The van der Waals surface area contributed by atoms with Crippen LogP contribution in [0.3, 0.4) is 0 Å². The number of hydrogen-bond acceptors (Lipinski definition) is 4. The van der Waals surface area contributed by atoms with Gasteiger partial charge in [0.15, 0.2) is 0 Å². The Kier molecular flexibility index (Phi) is 5.43. The Bertz CT molecular complexity index is 936. The van der Waals surface area contributed by atoms with Crippen LogP contribution in [0.2, 0.25) is 0 Å². The molecule has 1 saturated heterocycles. The molecule has 1 aliphatic rings. The number of carbonyl (C=O) groups is 1.